The van der Waals surface area contributed by atoms with E-state index in [1.807, 2.05) is 49.4 Å². The van der Waals surface area contributed by atoms with Crippen LogP contribution in [0.15, 0.2) is 52.1 Å². The number of nitrogens with zero attached hydrogens (tertiary/aromatic N) is 5. The molecule has 9 heteroatoms. The van der Waals surface area contributed by atoms with Crippen LogP contribution in [0.3, 0.4) is 0 Å². The second kappa shape index (κ2) is 7.46. The highest BCUT2D eigenvalue weighted by atomic mass is 35.5. The summed E-state index contributed by atoms with van der Waals surface area (Å²) in [7, 11) is 2.89. The number of benzene rings is 2. The van der Waals surface area contributed by atoms with E-state index in [4.69, 9.17) is 11.6 Å². The van der Waals surface area contributed by atoms with Crippen LogP contribution in [-0.2, 0) is 25.4 Å². The van der Waals surface area contributed by atoms with Crippen LogP contribution in [-0.4, -0.2) is 31.1 Å². The molecule has 0 aliphatic carbocycles. The van der Waals surface area contributed by atoms with Crippen LogP contribution in [0.1, 0.15) is 6.92 Å². The molecule has 8 nitrogen and oxygen atoms in total. The smallest absolute Gasteiger partial charge is 0.311 e. The van der Waals surface area contributed by atoms with Gasteiger partial charge in [-0.1, -0.05) is 36.4 Å². The number of carbonyl (C=O) groups excluding carboxylic acids is 1. The Bertz CT molecular complexity index is 1410. The van der Waals surface area contributed by atoms with Crippen molar-refractivity contribution in [2.24, 2.45) is 14.1 Å². The Balaban J connectivity index is 1.82. The number of hydrogen-bond acceptors (Lipinski definition) is 4. The van der Waals surface area contributed by atoms with Crippen LogP contribution < -0.4 is 16.1 Å². The highest BCUT2D eigenvalue weighted by Gasteiger charge is 2.23. The molecule has 0 spiro atoms. The summed E-state index contributed by atoms with van der Waals surface area (Å²) in [6.07, 6.45) is 0. The van der Waals surface area contributed by atoms with Gasteiger partial charge in [-0.15, -0.1) is 0 Å². The van der Waals surface area contributed by atoms with Gasteiger partial charge in [0.25, 0.3) is 5.56 Å². The predicted molar refractivity (Wildman–Crippen MR) is 117 cm³/mol. The monoisotopic (exact) mass is 425 g/mol. The van der Waals surface area contributed by atoms with E-state index in [-0.39, 0.29) is 28.9 Å². The fourth-order valence-corrected chi connectivity index (χ4v) is 3.93. The number of rotatable bonds is 4. The molecule has 0 bridgehead atoms. The van der Waals surface area contributed by atoms with Gasteiger partial charge in [-0.05, 0) is 30.0 Å². The first kappa shape index (κ1) is 19.9. The molecule has 2 aromatic heterocycles. The van der Waals surface area contributed by atoms with Gasteiger partial charge < -0.3 is 4.90 Å². The molecular formula is C21H20ClN5O3. The fraction of sp³-hybridized carbons (Fsp3) is 0.238. The third-order valence-electron chi connectivity index (χ3n) is 5.27. The minimum atomic E-state index is -0.548. The number of aryl methyl sites for hydroxylation is 1. The molecule has 0 saturated heterocycles. The number of amides is 1. The van der Waals surface area contributed by atoms with Crippen molar-refractivity contribution in [3.05, 3.63) is 68.6 Å². The number of likely N-dealkylation sites (N-methyl/N-ethyl adjacent to an activating group) is 1. The Hall–Kier alpha value is -3.39. The molecule has 0 saturated carbocycles. The van der Waals surface area contributed by atoms with Crippen LogP contribution in [0.25, 0.3) is 21.9 Å². The Morgan fingerprint density at radius 1 is 1.07 bits per heavy atom. The third kappa shape index (κ3) is 3.00. The number of halogens is 1. The van der Waals surface area contributed by atoms with Crippen LogP contribution in [0.5, 0.6) is 0 Å². The standard InChI is InChI=1S/C21H20ClN5O3/c1-4-26(15-11-7-9-13-8-5-6-10-14(13)15)16(28)12-27-17-18(23-20(27)22)24(2)21(30)25(3)19(17)29/h5-11H,4,12H2,1-3H3. The second-order valence-electron chi connectivity index (χ2n) is 6.98. The van der Waals surface area contributed by atoms with Crippen molar-refractivity contribution in [2.45, 2.75) is 13.5 Å². The summed E-state index contributed by atoms with van der Waals surface area (Å²) in [6, 6.07) is 13.6. The molecule has 0 aliphatic rings. The first-order valence-corrected chi connectivity index (χ1v) is 9.82. The molecule has 4 rings (SSSR count). The normalized spacial score (nSPS) is 11.3. The molecule has 0 atom stereocenters. The fourth-order valence-electron chi connectivity index (χ4n) is 3.71. The topological polar surface area (TPSA) is 82.1 Å². The third-order valence-corrected chi connectivity index (χ3v) is 5.56. The van der Waals surface area contributed by atoms with Crippen LogP contribution >= 0.6 is 11.6 Å². The van der Waals surface area contributed by atoms with E-state index in [1.165, 1.54) is 23.2 Å². The summed E-state index contributed by atoms with van der Waals surface area (Å²) in [5.41, 5.74) is -0.0120. The highest BCUT2D eigenvalue weighted by molar-refractivity contribution is 6.29. The van der Waals surface area contributed by atoms with Gasteiger partial charge in [-0.2, -0.15) is 4.98 Å². The van der Waals surface area contributed by atoms with Crippen molar-refractivity contribution in [2.75, 3.05) is 11.4 Å². The summed E-state index contributed by atoms with van der Waals surface area (Å²) < 4.78 is 3.57. The van der Waals surface area contributed by atoms with E-state index >= 15 is 0 Å². The van der Waals surface area contributed by atoms with E-state index in [0.29, 0.717) is 6.54 Å². The zero-order chi connectivity index (χ0) is 21.6. The zero-order valence-electron chi connectivity index (χ0n) is 16.8. The molecule has 0 fully saturated rings. The van der Waals surface area contributed by atoms with Gasteiger partial charge in [-0.3, -0.25) is 23.3 Å². The number of anilines is 1. The molecule has 4 aromatic rings. The Labute approximate surface area is 176 Å². The van der Waals surface area contributed by atoms with Crippen molar-refractivity contribution in [3.63, 3.8) is 0 Å². The first-order chi connectivity index (χ1) is 14.3. The van der Waals surface area contributed by atoms with Crippen molar-refractivity contribution in [1.29, 1.82) is 0 Å². The number of aromatic nitrogens is 4. The van der Waals surface area contributed by atoms with Crippen LogP contribution in [0.4, 0.5) is 5.69 Å². The molecule has 0 N–H and O–H groups in total. The molecule has 0 unspecified atom stereocenters. The van der Waals surface area contributed by atoms with Gasteiger partial charge in [-0.25, -0.2) is 4.79 Å². The zero-order valence-corrected chi connectivity index (χ0v) is 17.6. The van der Waals surface area contributed by atoms with Gasteiger partial charge in [0, 0.05) is 26.0 Å². The summed E-state index contributed by atoms with van der Waals surface area (Å²) in [6.45, 7) is 2.14. The number of hydrogen-bond donors (Lipinski definition) is 0. The maximum Gasteiger partial charge on any atom is 0.332 e. The van der Waals surface area contributed by atoms with Crippen molar-refractivity contribution in [3.8, 4) is 0 Å². The van der Waals surface area contributed by atoms with Crippen LogP contribution in [0.2, 0.25) is 5.28 Å². The summed E-state index contributed by atoms with van der Waals surface area (Å²) >= 11 is 6.27. The largest absolute Gasteiger partial charge is 0.332 e. The lowest BCUT2D eigenvalue weighted by atomic mass is 10.1. The quantitative estimate of drug-likeness (QED) is 0.470. The minimum Gasteiger partial charge on any atom is -0.311 e. The van der Waals surface area contributed by atoms with E-state index in [0.717, 1.165) is 21.0 Å². The van der Waals surface area contributed by atoms with E-state index in [2.05, 4.69) is 4.98 Å². The average Bonchev–Trinajstić information content (AvgIpc) is 3.07. The lowest BCUT2D eigenvalue weighted by Crippen LogP contribution is -2.38. The van der Waals surface area contributed by atoms with E-state index in [1.54, 1.807) is 4.90 Å². The summed E-state index contributed by atoms with van der Waals surface area (Å²) in [5.74, 6) is -0.244. The van der Waals surface area contributed by atoms with Gasteiger partial charge >= 0.3 is 5.69 Å². The Kier molecular flexibility index (Phi) is 4.95. The highest BCUT2D eigenvalue weighted by Crippen LogP contribution is 2.27. The van der Waals surface area contributed by atoms with Gasteiger partial charge in [0.1, 0.15) is 6.54 Å². The van der Waals surface area contributed by atoms with Gasteiger partial charge in [0.05, 0.1) is 5.69 Å². The SMILES string of the molecule is CCN(C(=O)Cn1c(Cl)nc2c1c(=O)n(C)c(=O)n2C)c1cccc2ccccc12. The molecule has 1 amide bonds. The van der Waals surface area contributed by atoms with Crippen molar-refractivity contribution in [1.82, 2.24) is 18.7 Å². The summed E-state index contributed by atoms with van der Waals surface area (Å²) in [4.78, 5) is 43.9. The molecule has 2 heterocycles. The lowest BCUT2D eigenvalue weighted by molar-refractivity contribution is -0.119. The maximum atomic E-state index is 13.3. The second-order valence-corrected chi connectivity index (χ2v) is 7.32. The molecular weight excluding hydrogens is 406 g/mol. The molecule has 0 aliphatic heterocycles. The van der Waals surface area contributed by atoms with E-state index in [9.17, 15) is 14.4 Å². The van der Waals surface area contributed by atoms with Crippen LogP contribution in [0, 0.1) is 0 Å². The number of imidazole rings is 1. The first-order valence-electron chi connectivity index (χ1n) is 9.45. The molecule has 2 aromatic carbocycles. The van der Waals surface area contributed by atoms with Crippen molar-refractivity contribution >= 4 is 45.1 Å². The van der Waals surface area contributed by atoms with E-state index < -0.39 is 11.2 Å². The molecule has 0 radical (unpaired) electrons. The minimum absolute atomic E-state index is 0.0226. The molecule has 154 valence electrons. The van der Waals surface area contributed by atoms with Crippen molar-refractivity contribution < 1.29 is 4.79 Å². The summed E-state index contributed by atoms with van der Waals surface area (Å²) in [5, 5.41) is 1.96. The predicted octanol–water partition coefficient (Wildman–Crippen LogP) is 2.29. The Morgan fingerprint density at radius 2 is 1.77 bits per heavy atom. The van der Waals surface area contributed by atoms with Gasteiger partial charge in [0.15, 0.2) is 11.2 Å². The maximum absolute atomic E-state index is 13.3. The average molecular weight is 426 g/mol. The molecule has 30 heavy (non-hydrogen) atoms. The number of carbonyl (C=O) groups is 1. The van der Waals surface area contributed by atoms with Gasteiger partial charge in [0.2, 0.25) is 11.2 Å². The Morgan fingerprint density at radius 3 is 2.50 bits per heavy atom. The number of fused-ring (bicyclic) bond motifs is 2. The lowest BCUT2D eigenvalue weighted by Gasteiger charge is -2.23.